The summed E-state index contributed by atoms with van der Waals surface area (Å²) in [5.41, 5.74) is 1.22. The second-order valence-corrected chi connectivity index (χ2v) is 10.8. The molecule has 0 spiro atoms. The van der Waals surface area contributed by atoms with Crippen LogP contribution in [0.15, 0.2) is 83.8 Å². The number of rotatable bonds is 9. The maximum atomic E-state index is 13.5. The van der Waals surface area contributed by atoms with Crippen LogP contribution in [0.1, 0.15) is 31.9 Å². The summed E-state index contributed by atoms with van der Waals surface area (Å²) in [6, 6.07) is 21.9. The predicted molar refractivity (Wildman–Crippen MR) is 134 cm³/mol. The Morgan fingerprint density at radius 3 is 2.09 bits per heavy atom. The Hall–Kier alpha value is -2.54. The molecule has 0 aliphatic heterocycles. The second-order valence-electron chi connectivity index (χ2n) is 8.08. The van der Waals surface area contributed by atoms with E-state index in [-0.39, 0.29) is 21.6 Å². The molecule has 0 radical (unpaired) electrons. The molecule has 3 rings (SSSR count). The Morgan fingerprint density at radius 2 is 1.52 bits per heavy atom. The quantitative estimate of drug-likeness (QED) is 0.383. The van der Waals surface area contributed by atoms with Gasteiger partial charge in [0.25, 0.3) is 10.0 Å². The molecule has 0 heterocycles. The summed E-state index contributed by atoms with van der Waals surface area (Å²) < 4.78 is 28.0. The molecule has 0 fully saturated rings. The third kappa shape index (κ3) is 6.50. The number of sulfonamides is 1. The molecule has 1 amide bonds. The van der Waals surface area contributed by atoms with Gasteiger partial charge in [-0.15, -0.1) is 0 Å². The molecule has 3 aromatic carbocycles. The number of halogens is 2. The molecule has 0 unspecified atom stereocenters. The average Bonchev–Trinajstić information content (AvgIpc) is 2.80. The van der Waals surface area contributed by atoms with E-state index in [1.54, 1.807) is 18.2 Å². The van der Waals surface area contributed by atoms with Crippen molar-refractivity contribution in [2.75, 3.05) is 10.8 Å². The van der Waals surface area contributed by atoms with Crippen LogP contribution in [0.2, 0.25) is 10.0 Å². The van der Waals surface area contributed by atoms with Gasteiger partial charge in [0.2, 0.25) is 5.91 Å². The largest absolute Gasteiger partial charge is 0.348 e. The summed E-state index contributed by atoms with van der Waals surface area (Å²) in [5, 5.41) is 3.50. The normalized spacial score (nSPS) is 12.4. The van der Waals surface area contributed by atoms with Crippen molar-refractivity contribution < 1.29 is 13.2 Å². The minimum atomic E-state index is -4.03. The van der Waals surface area contributed by atoms with Gasteiger partial charge in [-0.05, 0) is 48.2 Å². The van der Waals surface area contributed by atoms with Crippen molar-refractivity contribution in [3.05, 3.63) is 94.5 Å². The van der Waals surface area contributed by atoms with E-state index in [9.17, 15) is 13.2 Å². The predicted octanol–water partition coefficient (Wildman–Crippen LogP) is 6.09. The van der Waals surface area contributed by atoms with Gasteiger partial charge in [0, 0.05) is 0 Å². The lowest BCUT2D eigenvalue weighted by Gasteiger charge is -2.27. The fourth-order valence-corrected chi connectivity index (χ4v) is 5.21. The summed E-state index contributed by atoms with van der Waals surface area (Å²) in [6.07, 6.45) is 0.716. The Kier molecular flexibility index (Phi) is 8.40. The number of carbonyl (C=O) groups excluding carboxylic acids is 1. The maximum absolute atomic E-state index is 13.5. The maximum Gasteiger partial charge on any atom is 0.264 e. The lowest BCUT2D eigenvalue weighted by atomic mass is 9.97. The molecule has 5 nitrogen and oxygen atoms in total. The number of nitrogens with one attached hydrogen (secondary N) is 1. The van der Waals surface area contributed by atoms with Gasteiger partial charge < -0.3 is 5.32 Å². The zero-order valence-corrected chi connectivity index (χ0v) is 20.7. The topological polar surface area (TPSA) is 66.5 Å². The summed E-state index contributed by atoms with van der Waals surface area (Å²) >= 11 is 12.2. The van der Waals surface area contributed by atoms with Gasteiger partial charge in [0.05, 0.1) is 26.7 Å². The van der Waals surface area contributed by atoms with Crippen LogP contribution < -0.4 is 9.62 Å². The average molecular weight is 505 g/mol. The van der Waals surface area contributed by atoms with Crippen LogP contribution in [0.25, 0.3) is 0 Å². The third-order valence-corrected chi connectivity index (χ3v) is 7.58. The molecule has 8 heteroatoms. The van der Waals surface area contributed by atoms with Gasteiger partial charge in [-0.2, -0.15) is 0 Å². The molecular weight excluding hydrogens is 479 g/mol. The van der Waals surface area contributed by atoms with Crippen LogP contribution in [-0.4, -0.2) is 20.9 Å². The lowest BCUT2D eigenvalue weighted by Crippen LogP contribution is -2.42. The number of carbonyl (C=O) groups is 1. The van der Waals surface area contributed by atoms with Crippen LogP contribution in [-0.2, 0) is 14.8 Å². The highest BCUT2D eigenvalue weighted by molar-refractivity contribution is 7.92. The van der Waals surface area contributed by atoms with E-state index in [4.69, 9.17) is 23.2 Å². The minimum absolute atomic E-state index is 0.0747. The van der Waals surface area contributed by atoms with Gasteiger partial charge >= 0.3 is 0 Å². The Balaban J connectivity index is 1.94. The van der Waals surface area contributed by atoms with Crippen LogP contribution in [0.3, 0.4) is 0 Å². The van der Waals surface area contributed by atoms with E-state index in [1.165, 1.54) is 30.3 Å². The van der Waals surface area contributed by atoms with E-state index in [0.29, 0.717) is 17.4 Å². The summed E-state index contributed by atoms with van der Waals surface area (Å²) in [7, 11) is -4.03. The molecule has 0 saturated heterocycles. The zero-order chi connectivity index (χ0) is 24.0. The van der Waals surface area contributed by atoms with Gasteiger partial charge in [-0.1, -0.05) is 85.6 Å². The van der Waals surface area contributed by atoms with Gasteiger partial charge in [-0.25, -0.2) is 8.42 Å². The first-order valence-corrected chi connectivity index (χ1v) is 12.7. The molecule has 3 aromatic rings. The van der Waals surface area contributed by atoms with E-state index in [0.717, 1.165) is 9.87 Å². The minimum Gasteiger partial charge on any atom is -0.348 e. The van der Waals surface area contributed by atoms with Crippen LogP contribution in [0.5, 0.6) is 0 Å². The van der Waals surface area contributed by atoms with Crippen LogP contribution in [0, 0.1) is 5.92 Å². The fraction of sp³-hybridized carbons (Fsp3) is 0.240. The first-order valence-electron chi connectivity index (χ1n) is 10.6. The third-order valence-electron chi connectivity index (χ3n) is 5.05. The van der Waals surface area contributed by atoms with Crippen molar-refractivity contribution in [1.29, 1.82) is 0 Å². The Labute approximate surface area is 205 Å². The number of benzene rings is 3. The first-order chi connectivity index (χ1) is 15.7. The second kappa shape index (κ2) is 11.1. The first kappa shape index (κ1) is 25.1. The summed E-state index contributed by atoms with van der Waals surface area (Å²) in [4.78, 5) is 13.2. The van der Waals surface area contributed by atoms with Crippen molar-refractivity contribution in [3.63, 3.8) is 0 Å². The monoisotopic (exact) mass is 504 g/mol. The van der Waals surface area contributed by atoms with Crippen molar-refractivity contribution in [1.82, 2.24) is 5.32 Å². The number of hydrogen-bond donors (Lipinski definition) is 1. The smallest absolute Gasteiger partial charge is 0.264 e. The molecule has 1 N–H and O–H groups in total. The molecule has 33 heavy (non-hydrogen) atoms. The standard InChI is InChI=1S/C25H26Cl2N2O3S/c1-18(2)15-24(19-9-5-3-6-10-19)28-25(30)17-29(20-13-14-22(26)23(27)16-20)33(31,32)21-11-7-4-8-12-21/h3-14,16,18,24H,15,17H2,1-2H3,(H,28,30)/t24-/m0/s1. The van der Waals surface area contributed by atoms with Gasteiger partial charge in [0.15, 0.2) is 0 Å². The summed E-state index contributed by atoms with van der Waals surface area (Å²) in [6.45, 7) is 3.74. The molecule has 0 saturated carbocycles. The number of anilines is 1. The van der Waals surface area contributed by atoms with Crippen molar-refractivity contribution in [3.8, 4) is 0 Å². The van der Waals surface area contributed by atoms with E-state index < -0.39 is 22.5 Å². The van der Waals surface area contributed by atoms with Crippen molar-refractivity contribution in [2.24, 2.45) is 5.92 Å². The summed E-state index contributed by atoms with van der Waals surface area (Å²) in [5.74, 6) is -0.0928. The van der Waals surface area contributed by atoms with Crippen molar-refractivity contribution >= 4 is 44.8 Å². The number of hydrogen-bond acceptors (Lipinski definition) is 3. The highest BCUT2D eigenvalue weighted by Gasteiger charge is 2.28. The number of nitrogens with zero attached hydrogens (tertiary/aromatic N) is 1. The highest BCUT2D eigenvalue weighted by atomic mass is 35.5. The molecule has 174 valence electrons. The SMILES string of the molecule is CC(C)C[C@H](NC(=O)CN(c1ccc(Cl)c(Cl)c1)S(=O)(=O)c1ccccc1)c1ccccc1. The highest BCUT2D eigenvalue weighted by Crippen LogP contribution is 2.30. The molecule has 0 bridgehead atoms. The molecular formula is C25H26Cl2N2O3S. The van der Waals surface area contributed by atoms with Crippen LogP contribution >= 0.6 is 23.2 Å². The van der Waals surface area contributed by atoms with E-state index in [1.807, 2.05) is 30.3 Å². The molecule has 1 atom stereocenters. The fourth-order valence-electron chi connectivity index (χ4n) is 3.48. The zero-order valence-electron chi connectivity index (χ0n) is 18.4. The molecule has 0 aromatic heterocycles. The Bertz CT molecular complexity index is 1190. The van der Waals surface area contributed by atoms with Gasteiger partial charge in [-0.3, -0.25) is 9.10 Å². The van der Waals surface area contributed by atoms with Crippen LogP contribution in [0.4, 0.5) is 5.69 Å². The van der Waals surface area contributed by atoms with E-state index >= 15 is 0 Å². The molecule has 0 aliphatic rings. The lowest BCUT2D eigenvalue weighted by molar-refractivity contribution is -0.120. The molecule has 0 aliphatic carbocycles. The van der Waals surface area contributed by atoms with E-state index in [2.05, 4.69) is 19.2 Å². The Morgan fingerprint density at radius 1 is 0.909 bits per heavy atom. The number of amides is 1. The van der Waals surface area contributed by atoms with Gasteiger partial charge in [0.1, 0.15) is 6.54 Å². The van der Waals surface area contributed by atoms with Crippen molar-refractivity contribution in [2.45, 2.75) is 31.2 Å².